The fourth-order valence-corrected chi connectivity index (χ4v) is 3.46. The van der Waals surface area contributed by atoms with E-state index in [1.807, 2.05) is 26.8 Å². The predicted octanol–water partition coefficient (Wildman–Crippen LogP) is 3.81. The molecule has 0 radical (unpaired) electrons. The fourth-order valence-electron chi connectivity index (χ4n) is 3.46. The molecule has 2 aliphatic heterocycles. The second-order valence-corrected chi connectivity index (χ2v) is 7.80. The van der Waals surface area contributed by atoms with Crippen molar-refractivity contribution in [3.8, 4) is 0 Å². The third kappa shape index (κ3) is 3.59. The maximum atomic E-state index is 13.3. The highest BCUT2D eigenvalue weighted by molar-refractivity contribution is 5.68. The molecule has 23 heavy (non-hydrogen) atoms. The largest absolute Gasteiger partial charge is 0.444 e. The average Bonchev–Trinajstić information content (AvgIpc) is 2.47. The molecule has 5 heteroatoms. The van der Waals surface area contributed by atoms with Crippen molar-refractivity contribution < 1.29 is 13.9 Å². The third-order valence-electron chi connectivity index (χ3n) is 4.77. The second-order valence-electron chi connectivity index (χ2n) is 7.80. The van der Waals surface area contributed by atoms with E-state index < -0.39 is 5.60 Å². The van der Waals surface area contributed by atoms with Gasteiger partial charge in [0.05, 0.1) is 0 Å². The number of halogens is 1. The molecule has 1 saturated heterocycles. The molecule has 1 spiro atoms. The minimum absolute atomic E-state index is 0.156. The van der Waals surface area contributed by atoms with E-state index in [1.54, 1.807) is 11.0 Å². The molecular weight excluding hydrogens is 295 g/mol. The van der Waals surface area contributed by atoms with E-state index in [9.17, 15) is 9.18 Å². The van der Waals surface area contributed by atoms with E-state index in [1.165, 1.54) is 11.6 Å². The van der Waals surface area contributed by atoms with Gasteiger partial charge in [0.15, 0.2) is 0 Å². The van der Waals surface area contributed by atoms with Crippen LogP contribution in [0.5, 0.6) is 0 Å². The zero-order valence-corrected chi connectivity index (χ0v) is 14.1. The lowest BCUT2D eigenvalue weighted by Gasteiger charge is -2.45. The molecule has 0 unspecified atom stereocenters. The van der Waals surface area contributed by atoms with Crippen LogP contribution in [0.1, 0.15) is 39.2 Å². The molecule has 1 amide bonds. The summed E-state index contributed by atoms with van der Waals surface area (Å²) in [6.07, 6.45) is 2.60. The number of fused-ring (bicyclic) bond motifs is 1. The Kier molecular flexibility index (Phi) is 3.98. The molecule has 2 heterocycles. The smallest absolute Gasteiger partial charge is 0.410 e. The number of amides is 1. The van der Waals surface area contributed by atoms with Crippen LogP contribution in [0.4, 0.5) is 14.9 Å². The van der Waals surface area contributed by atoms with Crippen molar-refractivity contribution in [3.05, 3.63) is 29.6 Å². The number of nitrogens with zero attached hydrogens (tertiary/aromatic N) is 1. The first kappa shape index (κ1) is 16.1. The highest BCUT2D eigenvalue weighted by atomic mass is 19.1. The topological polar surface area (TPSA) is 41.6 Å². The van der Waals surface area contributed by atoms with Gasteiger partial charge >= 0.3 is 6.09 Å². The summed E-state index contributed by atoms with van der Waals surface area (Å²) in [7, 11) is 0. The Bertz CT molecular complexity index is 602. The molecule has 0 saturated carbocycles. The first-order chi connectivity index (χ1) is 10.8. The highest BCUT2D eigenvalue weighted by Gasteiger charge is 2.39. The SMILES string of the molecule is CC(C)(C)OC(=O)N1CCC2(CC1)CNc1cc(F)ccc1C2. The van der Waals surface area contributed by atoms with Gasteiger partial charge in [-0.25, -0.2) is 9.18 Å². The van der Waals surface area contributed by atoms with E-state index in [0.717, 1.165) is 31.5 Å². The molecule has 0 aliphatic carbocycles. The van der Waals surface area contributed by atoms with Gasteiger partial charge in [-0.1, -0.05) is 6.07 Å². The highest BCUT2D eigenvalue weighted by Crippen LogP contribution is 2.40. The molecule has 3 rings (SSSR count). The van der Waals surface area contributed by atoms with Crippen LogP contribution in [0.15, 0.2) is 18.2 Å². The Hall–Kier alpha value is -1.78. The van der Waals surface area contributed by atoms with Crippen molar-refractivity contribution in [1.82, 2.24) is 4.90 Å². The van der Waals surface area contributed by atoms with Gasteiger partial charge in [0, 0.05) is 25.3 Å². The minimum atomic E-state index is -0.457. The first-order valence-corrected chi connectivity index (χ1v) is 8.27. The molecule has 1 fully saturated rings. The molecule has 0 atom stereocenters. The van der Waals surface area contributed by atoms with Crippen LogP contribution in [-0.2, 0) is 11.2 Å². The van der Waals surface area contributed by atoms with E-state index in [4.69, 9.17) is 4.74 Å². The van der Waals surface area contributed by atoms with Crippen LogP contribution in [0.2, 0.25) is 0 Å². The number of likely N-dealkylation sites (tertiary alicyclic amines) is 1. The summed E-state index contributed by atoms with van der Waals surface area (Å²) in [5.41, 5.74) is 1.78. The summed E-state index contributed by atoms with van der Waals surface area (Å²) in [6, 6.07) is 4.96. The monoisotopic (exact) mass is 320 g/mol. The number of hydrogen-bond acceptors (Lipinski definition) is 3. The lowest BCUT2D eigenvalue weighted by atomic mass is 9.71. The fraction of sp³-hybridized carbons (Fsp3) is 0.611. The zero-order chi connectivity index (χ0) is 16.7. The van der Waals surface area contributed by atoms with Crippen LogP contribution in [0.3, 0.4) is 0 Å². The summed E-state index contributed by atoms with van der Waals surface area (Å²) in [6.45, 7) is 7.93. The van der Waals surface area contributed by atoms with Crippen molar-refractivity contribution in [2.75, 3.05) is 25.0 Å². The molecule has 1 aromatic carbocycles. The van der Waals surface area contributed by atoms with Crippen LogP contribution in [0.25, 0.3) is 0 Å². The van der Waals surface area contributed by atoms with Crippen LogP contribution < -0.4 is 5.32 Å². The van der Waals surface area contributed by atoms with Gasteiger partial charge in [-0.15, -0.1) is 0 Å². The lowest BCUT2D eigenvalue weighted by molar-refractivity contribution is 0.0110. The number of nitrogens with one attached hydrogen (secondary N) is 1. The van der Waals surface area contributed by atoms with Crippen molar-refractivity contribution in [2.45, 2.75) is 45.6 Å². The summed E-state index contributed by atoms with van der Waals surface area (Å²) in [5, 5.41) is 3.37. The Morgan fingerprint density at radius 2 is 2.00 bits per heavy atom. The molecule has 0 bridgehead atoms. The van der Waals surface area contributed by atoms with Crippen molar-refractivity contribution in [3.63, 3.8) is 0 Å². The van der Waals surface area contributed by atoms with Crippen molar-refractivity contribution >= 4 is 11.8 Å². The van der Waals surface area contributed by atoms with Gasteiger partial charge in [-0.3, -0.25) is 0 Å². The number of benzene rings is 1. The van der Waals surface area contributed by atoms with Crippen molar-refractivity contribution in [1.29, 1.82) is 0 Å². The Morgan fingerprint density at radius 1 is 1.30 bits per heavy atom. The van der Waals surface area contributed by atoms with Gasteiger partial charge < -0.3 is 15.0 Å². The van der Waals surface area contributed by atoms with Crippen LogP contribution in [0, 0.1) is 11.2 Å². The number of ether oxygens (including phenoxy) is 1. The van der Waals surface area contributed by atoms with E-state index in [2.05, 4.69) is 5.32 Å². The molecular formula is C18H25FN2O2. The van der Waals surface area contributed by atoms with Gasteiger partial charge in [0.1, 0.15) is 11.4 Å². The third-order valence-corrected chi connectivity index (χ3v) is 4.77. The van der Waals surface area contributed by atoms with Gasteiger partial charge in [0.25, 0.3) is 0 Å². The minimum Gasteiger partial charge on any atom is -0.444 e. The van der Waals surface area contributed by atoms with E-state index in [0.29, 0.717) is 13.1 Å². The van der Waals surface area contributed by atoms with Gasteiger partial charge in [0.2, 0.25) is 0 Å². The van der Waals surface area contributed by atoms with Crippen LogP contribution in [-0.4, -0.2) is 36.2 Å². The van der Waals surface area contributed by atoms with E-state index in [-0.39, 0.29) is 17.3 Å². The molecule has 1 aromatic rings. The second kappa shape index (κ2) is 5.69. The zero-order valence-electron chi connectivity index (χ0n) is 14.1. The summed E-state index contributed by atoms with van der Waals surface area (Å²) < 4.78 is 18.8. The normalized spacial score (nSPS) is 19.9. The number of piperidine rings is 1. The molecule has 1 N–H and O–H groups in total. The lowest BCUT2D eigenvalue weighted by Crippen LogP contribution is -2.49. The Balaban J connectivity index is 1.63. The Morgan fingerprint density at radius 3 is 2.65 bits per heavy atom. The van der Waals surface area contributed by atoms with E-state index >= 15 is 0 Å². The molecule has 2 aliphatic rings. The number of anilines is 1. The van der Waals surface area contributed by atoms with Crippen LogP contribution >= 0.6 is 0 Å². The van der Waals surface area contributed by atoms with Gasteiger partial charge in [-0.2, -0.15) is 0 Å². The number of carbonyl (C=O) groups is 1. The molecule has 126 valence electrons. The summed E-state index contributed by atoms with van der Waals surface area (Å²) in [4.78, 5) is 14.0. The molecule has 0 aromatic heterocycles. The number of hydrogen-bond donors (Lipinski definition) is 1. The van der Waals surface area contributed by atoms with Crippen molar-refractivity contribution in [2.24, 2.45) is 5.41 Å². The summed E-state index contributed by atoms with van der Waals surface area (Å²) in [5.74, 6) is -0.202. The standard InChI is InChI=1S/C18H25FN2O2/c1-17(2,3)23-16(22)21-8-6-18(7-9-21)11-13-4-5-14(19)10-15(13)20-12-18/h4-5,10,20H,6-9,11-12H2,1-3H3. The number of carbonyl (C=O) groups excluding carboxylic acids is 1. The maximum Gasteiger partial charge on any atom is 0.410 e. The summed E-state index contributed by atoms with van der Waals surface area (Å²) >= 11 is 0. The Labute approximate surface area is 137 Å². The predicted molar refractivity (Wildman–Crippen MR) is 88.1 cm³/mol. The quantitative estimate of drug-likeness (QED) is 0.790. The maximum absolute atomic E-state index is 13.3. The molecule has 4 nitrogen and oxygen atoms in total. The van der Waals surface area contributed by atoms with Gasteiger partial charge in [-0.05, 0) is 63.1 Å². The average molecular weight is 320 g/mol. The number of rotatable bonds is 0. The first-order valence-electron chi connectivity index (χ1n) is 8.27.